The molecule has 1 amide bonds. The van der Waals surface area contributed by atoms with E-state index in [-0.39, 0.29) is 0 Å². The van der Waals surface area contributed by atoms with Crippen LogP contribution in [0.2, 0.25) is 0 Å². The molecule has 0 aliphatic rings. The van der Waals surface area contributed by atoms with Crippen molar-refractivity contribution in [2.24, 2.45) is 0 Å². The second kappa shape index (κ2) is 47.3. The van der Waals surface area contributed by atoms with Crippen molar-refractivity contribution < 1.29 is 25.2 Å². The van der Waals surface area contributed by atoms with E-state index >= 15 is 0 Å². The summed E-state index contributed by atoms with van der Waals surface area (Å²) in [6.07, 6.45) is 58.7. The first kappa shape index (κ1) is 57.3. The van der Waals surface area contributed by atoms with E-state index in [4.69, 9.17) is 0 Å². The van der Waals surface area contributed by atoms with E-state index in [2.05, 4.69) is 67.8 Å². The van der Waals surface area contributed by atoms with E-state index in [1.54, 1.807) is 0 Å². The summed E-state index contributed by atoms with van der Waals surface area (Å²) in [6.45, 7) is 4.05. The summed E-state index contributed by atoms with van der Waals surface area (Å²) >= 11 is 0. The summed E-state index contributed by atoms with van der Waals surface area (Å²) in [5.74, 6) is -0.605. The molecule has 0 spiro atoms. The molecule has 0 heterocycles. The van der Waals surface area contributed by atoms with Crippen LogP contribution >= 0.6 is 0 Å². The fourth-order valence-electron chi connectivity index (χ4n) is 7.69. The van der Waals surface area contributed by atoms with Crippen LogP contribution in [0.5, 0.6) is 0 Å². The maximum absolute atomic E-state index is 12.6. The lowest BCUT2D eigenvalue weighted by molar-refractivity contribution is -0.132. The Morgan fingerprint density at radius 2 is 0.763 bits per heavy atom. The molecule has 0 bridgehead atoms. The molecule has 0 fully saturated rings. The van der Waals surface area contributed by atoms with Crippen molar-refractivity contribution in [1.29, 1.82) is 0 Å². The van der Waals surface area contributed by atoms with Crippen LogP contribution in [-0.4, -0.2) is 57.3 Å². The first-order valence-electron chi connectivity index (χ1n) is 25.5. The molecule has 59 heavy (non-hydrogen) atoms. The molecule has 4 atom stereocenters. The van der Waals surface area contributed by atoms with Crippen molar-refractivity contribution in [1.82, 2.24) is 5.32 Å². The Bertz CT molecular complexity index is 977. The summed E-state index contributed by atoms with van der Waals surface area (Å²) < 4.78 is 0. The summed E-state index contributed by atoms with van der Waals surface area (Å²) in [5, 5.41) is 43.8. The molecule has 4 unspecified atom stereocenters. The third-order valence-electron chi connectivity index (χ3n) is 11.7. The van der Waals surface area contributed by atoms with E-state index in [1.807, 2.05) is 0 Å². The van der Waals surface area contributed by atoms with Gasteiger partial charge < -0.3 is 25.7 Å². The number of hydrogen-bond donors (Lipinski definition) is 5. The van der Waals surface area contributed by atoms with Crippen LogP contribution in [0.25, 0.3) is 0 Å². The third kappa shape index (κ3) is 41.4. The summed E-state index contributed by atoms with van der Waals surface area (Å²) in [5.41, 5.74) is 0. The predicted octanol–water partition coefficient (Wildman–Crippen LogP) is 14.2. The molecule has 0 aromatic heterocycles. The maximum atomic E-state index is 12.6. The number of aliphatic hydroxyl groups excluding tert-OH is 4. The largest absolute Gasteiger partial charge is 0.394 e. The van der Waals surface area contributed by atoms with E-state index in [9.17, 15) is 25.2 Å². The van der Waals surface area contributed by atoms with Crippen LogP contribution in [0.3, 0.4) is 0 Å². The zero-order chi connectivity index (χ0) is 43.1. The van der Waals surface area contributed by atoms with E-state index < -0.39 is 36.9 Å². The van der Waals surface area contributed by atoms with Gasteiger partial charge in [0.25, 0.3) is 0 Å². The highest BCUT2D eigenvalue weighted by Crippen LogP contribution is 2.15. The number of aliphatic hydroxyl groups is 4. The molecule has 0 aromatic carbocycles. The molecule has 0 aromatic rings. The monoisotopic (exact) mass is 830 g/mol. The molecule has 6 heteroatoms. The van der Waals surface area contributed by atoms with E-state index in [0.29, 0.717) is 19.3 Å². The Kier molecular flexibility index (Phi) is 45.9. The molecule has 6 nitrogen and oxygen atoms in total. The summed E-state index contributed by atoms with van der Waals surface area (Å²) in [6, 6.07) is -1.01. The van der Waals surface area contributed by atoms with Gasteiger partial charge in [-0.1, -0.05) is 217 Å². The summed E-state index contributed by atoms with van der Waals surface area (Å²) in [7, 11) is 0. The van der Waals surface area contributed by atoms with Gasteiger partial charge in [-0.15, -0.1) is 0 Å². The lowest BCUT2D eigenvalue weighted by atomic mass is 10.00. The third-order valence-corrected chi connectivity index (χ3v) is 11.7. The average molecular weight is 830 g/mol. The first-order valence-corrected chi connectivity index (χ1v) is 25.5. The molecule has 0 aliphatic heterocycles. The number of allylic oxidation sites excluding steroid dienone is 8. The van der Waals surface area contributed by atoms with Crippen LogP contribution in [0.15, 0.2) is 48.6 Å². The van der Waals surface area contributed by atoms with Crippen LogP contribution < -0.4 is 5.32 Å². The fourth-order valence-corrected chi connectivity index (χ4v) is 7.69. The highest BCUT2D eigenvalue weighted by molar-refractivity contribution is 5.80. The van der Waals surface area contributed by atoms with Gasteiger partial charge in [0, 0.05) is 0 Å². The van der Waals surface area contributed by atoms with E-state index in [0.717, 1.165) is 57.8 Å². The second-order valence-electron chi connectivity index (χ2n) is 17.5. The van der Waals surface area contributed by atoms with Crippen LogP contribution in [0.4, 0.5) is 0 Å². The average Bonchev–Trinajstić information content (AvgIpc) is 3.24. The predicted molar refractivity (Wildman–Crippen MR) is 256 cm³/mol. The molecule has 0 aliphatic carbocycles. The Morgan fingerprint density at radius 3 is 1.17 bits per heavy atom. The molecule has 0 rings (SSSR count). The van der Waals surface area contributed by atoms with Gasteiger partial charge in [-0.25, -0.2) is 0 Å². The number of rotatable bonds is 46. The second-order valence-corrected chi connectivity index (χ2v) is 17.5. The minimum Gasteiger partial charge on any atom is -0.394 e. The minimum absolute atomic E-state index is 0.347. The smallest absolute Gasteiger partial charge is 0.249 e. The summed E-state index contributed by atoms with van der Waals surface area (Å²) in [4.78, 5) is 12.6. The van der Waals surface area contributed by atoms with Gasteiger partial charge in [0.1, 0.15) is 12.2 Å². The van der Waals surface area contributed by atoms with Gasteiger partial charge >= 0.3 is 0 Å². The number of amides is 1. The number of nitrogens with one attached hydrogen (secondary N) is 1. The Balaban J connectivity index is 3.78. The van der Waals surface area contributed by atoms with Gasteiger partial charge in [0.15, 0.2) is 0 Å². The first-order chi connectivity index (χ1) is 29.0. The molecule has 5 N–H and O–H groups in total. The molecular weight excluding hydrogens is 731 g/mol. The number of hydrogen-bond acceptors (Lipinski definition) is 5. The van der Waals surface area contributed by atoms with Crippen LogP contribution in [0, 0.1) is 0 Å². The van der Waals surface area contributed by atoms with Gasteiger partial charge in [0.05, 0.1) is 18.8 Å². The van der Waals surface area contributed by atoms with Crippen molar-refractivity contribution in [2.45, 2.75) is 276 Å². The van der Waals surface area contributed by atoms with Crippen molar-refractivity contribution in [3.05, 3.63) is 48.6 Å². The Morgan fingerprint density at radius 1 is 0.424 bits per heavy atom. The molecular formula is C53H99NO5. The topological polar surface area (TPSA) is 110 Å². The fraction of sp³-hybridized carbons (Fsp3) is 0.830. The highest BCUT2D eigenvalue weighted by atomic mass is 16.3. The number of carbonyl (C=O) groups excluding carboxylic acids is 1. The van der Waals surface area contributed by atoms with Crippen molar-refractivity contribution in [3.8, 4) is 0 Å². The van der Waals surface area contributed by atoms with Gasteiger partial charge in [0.2, 0.25) is 5.91 Å². The normalized spacial score (nSPS) is 14.3. The highest BCUT2D eigenvalue weighted by Gasteiger charge is 2.28. The Labute approximate surface area is 366 Å². The zero-order valence-electron chi connectivity index (χ0n) is 39.0. The standard InChI is InChI=1S/C53H99NO5/c1-3-5-7-9-11-13-15-17-19-21-23-25-27-29-31-33-35-37-39-41-43-45-47-51(57)53(59)54-49(48-55)52(58)50(56)46-44-42-40-38-36-34-32-30-28-26-24-22-20-18-16-14-12-10-8-6-4-2/h23,25,29-32,38,40,49-52,55-58H,3-22,24,26-28,33-37,39,41-48H2,1-2H3,(H,54,59)/b25-23-,31-29-,32-30+,40-38+. The van der Waals surface area contributed by atoms with Gasteiger partial charge in [-0.2, -0.15) is 0 Å². The van der Waals surface area contributed by atoms with Gasteiger partial charge in [-0.05, 0) is 83.5 Å². The molecule has 0 saturated heterocycles. The number of carbonyl (C=O) groups is 1. The zero-order valence-corrected chi connectivity index (χ0v) is 39.0. The molecule has 0 saturated carbocycles. The van der Waals surface area contributed by atoms with E-state index in [1.165, 1.54) is 161 Å². The van der Waals surface area contributed by atoms with Crippen molar-refractivity contribution >= 4 is 5.91 Å². The minimum atomic E-state index is -1.30. The molecule has 0 radical (unpaired) electrons. The van der Waals surface area contributed by atoms with Crippen molar-refractivity contribution in [2.75, 3.05) is 6.61 Å². The quantitative estimate of drug-likeness (QED) is 0.0310. The van der Waals surface area contributed by atoms with Gasteiger partial charge in [-0.3, -0.25) is 4.79 Å². The maximum Gasteiger partial charge on any atom is 0.249 e. The molecule has 346 valence electrons. The van der Waals surface area contributed by atoms with Crippen molar-refractivity contribution in [3.63, 3.8) is 0 Å². The van der Waals surface area contributed by atoms with Crippen LogP contribution in [0.1, 0.15) is 251 Å². The lowest BCUT2D eigenvalue weighted by Crippen LogP contribution is -2.53. The van der Waals surface area contributed by atoms with Crippen LogP contribution in [-0.2, 0) is 4.79 Å². The number of unbranched alkanes of at least 4 members (excludes halogenated alkanes) is 29. The SMILES string of the molecule is CCCCCCCCCCC/C=C\C/C=C\CCCCCCCCC(O)C(=O)NC(CO)C(O)C(O)CCC/C=C/CC/C=C/CCCCCCCCCCCCCC. The lowest BCUT2D eigenvalue weighted by Gasteiger charge is -2.27. The Hall–Kier alpha value is -1.73.